The number of anilines is 1. The molecule has 0 atom stereocenters. The lowest BCUT2D eigenvalue weighted by atomic mass is 10.3. The number of hydrogen-bond acceptors (Lipinski definition) is 5. The molecule has 66 valence electrons. The fourth-order valence-corrected chi connectivity index (χ4v) is 1.23. The van der Waals surface area contributed by atoms with Crippen LogP contribution in [0, 0.1) is 0 Å². The minimum atomic E-state index is -4.01. The van der Waals surface area contributed by atoms with Gasteiger partial charge in [-0.05, 0) is 24.3 Å². The summed E-state index contributed by atoms with van der Waals surface area (Å²) in [6, 6.07) is 5.26. The van der Waals surface area contributed by atoms with Gasteiger partial charge in [-0.25, -0.2) is 5.26 Å². The highest BCUT2D eigenvalue weighted by Gasteiger charge is 2.13. The van der Waals surface area contributed by atoms with Gasteiger partial charge in [-0.1, -0.05) is 0 Å². The summed E-state index contributed by atoms with van der Waals surface area (Å²) in [5.41, 5.74) is 5.75. The zero-order valence-corrected chi connectivity index (χ0v) is 6.78. The van der Waals surface area contributed by atoms with Crippen molar-refractivity contribution in [2.75, 3.05) is 5.73 Å². The van der Waals surface area contributed by atoms with Crippen molar-refractivity contribution in [2.24, 2.45) is 0 Å². The average Bonchev–Trinajstić information content (AvgIpc) is 2.05. The fourth-order valence-electron chi connectivity index (χ4n) is 0.678. The van der Waals surface area contributed by atoms with Crippen LogP contribution in [0.4, 0.5) is 5.69 Å². The van der Waals surface area contributed by atoms with E-state index in [2.05, 4.69) is 4.33 Å². The molecule has 1 rings (SSSR count). The molecule has 0 heterocycles. The molecule has 0 saturated heterocycles. The van der Waals surface area contributed by atoms with E-state index in [1.807, 2.05) is 0 Å². The molecule has 0 aromatic heterocycles. The van der Waals surface area contributed by atoms with E-state index in [0.29, 0.717) is 5.69 Å². The molecule has 0 spiro atoms. The summed E-state index contributed by atoms with van der Waals surface area (Å²) >= 11 is 0. The Balaban J connectivity index is 3.14. The number of nitrogen functional groups attached to an aromatic ring is 1. The van der Waals surface area contributed by atoms with Crippen molar-refractivity contribution in [1.29, 1.82) is 0 Å². The van der Waals surface area contributed by atoms with Gasteiger partial charge in [-0.15, -0.1) is 4.33 Å². The Morgan fingerprint density at radius 3 is 2.17 bits per heavy atom. The zero-order valence-electron chi connectivity index (χ0n) is 5.97. The Labute approximate surface area is 69.4 Å². The van der Waals surface area contributed by atoms with Gasteiger partial charge in [0, 0.05) is 5.69 Å². The smallest absolute Gasteiger partial charge is 0.323 e. The first kappa shape index (κ1) is 8.98. The molecule has 12 heavy (non-hydrogen) atoms. The summed E-state index contributed by atoms with van der Waals surface area (Å²) in [5.74, 6) is 0. The first-order chi connectivity index (χ1) is 5.56. The number of rotatable bonds is 2. The lowest BCUT2D eigenvalue weighted by molar-refractivity contribution is -0.130. The van der Waals surface area contributed by atoms with E-state index in [0.717, 1.165) is 0 Å². The van der Waals surface area contributed by atoms with Crippen molar-refractivity contribution in [3.8, 4) is 0 Å². The third-order valence-electron chi connectivity index (χ3n) is 1.27. The summed E-state index contributed by atoms with van der Waals surface area (Å²) in [6.45, 7) is 0. The summed E-state index contributed by atoms with van der Waals surface area (Å²) in [4.78, 5) is -0.140. The van der Waals surface area contributed by atoms with Crippen LogP contribution in [0.1, 0.15) is 0 Å². The first-order valence-corrected chi connectivity index (χ1v) is 4.40. The summed E-state index contributed by atoms with van der Waals surface area (Å²) in [7, 11) is -4.01. The van der Waals surface area contributed by atoms with Crippen molar-refractivity contribution in [2.45, 2.75) is 4.90 Å². The first-order valence-electron chi connectivity index (χ1n) is 3.00. The summed E-state index contributed by atoms with van der Waals surface area (Å²) in [5, 5.41) is 8.00. The van der Waals surface area contributed by atoms with Crippen molar-refractivity contribution in [1.82, 2.24) is 0 Å². The molecule has 0 saturated carbocycles. The van der Waals surface area contributed by atoms with Gasteiger partial charge in [0.25, 0.3) is 0 Å². The van der Waals surface area contributed by atoms with Crippen LogP contribution in [0.2, 0.25) is 0 Å². The number of hydrogen-bond donors (Lipinski definition) is 2. The van der Waals surface area contributed by atoms with Gasteiger partial charge in [-0.3, -0.25) is 0 Å². The molecule has 0 bridgehead atoms. The minimum Gasteiger partial charge on any atom is -0.399 e. The minimum absolute atomic E-state index is 0.140. The molecule has 0 radical (unpaired) electrons. The van der Waals surface area contributed by atoms with Crippen LogP contribution in [0.25, 0.3) is 0 Å². The van der Waals surface area contributed by atoms with Crippen LogP contribution in [0.3, 0.4) is 0 Å². The number of benzene rings is 1. The molecule has 5 nitrogen and oxygen atoms in total. The Kier molecular flexibility index (Phi) is 2.32. The normalized spacial score (nSPS) is 11.4. The predicted octanol–water partition coefficient (Wildman–Crippen LogP) is 0.447. The third kappa shape index (κ3) is 1.73. The maximum atomic E-state index is 10.8. The van der Waals surface area contributed by atoms with Gasteiger partial charge in [0.1, 0.15) is 0 Å². The fraction of sp³-hybridized carbons (Fsp3) is 0. The van der Waals surface area contributed by atoms with Crippen LogP contribution in [0.5, 0.6) is 0 Å². The van der Waals surface area contributed by atoms with E-state index < -0.39 is 10.1 Å². The molecular formula is C6H7NO4S. The van der Waals surface area contributed by atoms with Gasteiger partial charge >= 0.3 is 10.1 Å². The van der Waals surface area contributed by atoms with Crippen molar-refractivity contribution < 1.29 is 18.0 Å². The van der Waals surface area contributed by atoms with Gasteiger partial charge in [0.2, 0.25) is 0 Å². The second-order valence-electron chi connectivity index (χ2n) is 2.10. The summed E-state index contributed by atoms with van der Waals surface area (Å²) < 4.78 is 24.9. The quantitative estimate of drug-likeness (QED) is 0.400. The van der Waals surface area contributed by atoms with E-state index >= 15 is 0 Å². The SMILES string of the molecule is Nc1ccc(S(=O)(=O)OO)cc1. The monoisotopic (exact) mass is 189 g/mol. The zero-order chi connectivity index (χ0) is 9.19. The van der Waals surface area contributed by atoms with Crippen molar-refractivity contribution in [3.63, 3.8) is 0 Å². The molecule has 6 heteroatoms. The highest BCUT2D eigenvalue weighted by atomic mass is 32.2. The van der Waals surface area contributed by atoms with Gasteiger partial charge < -0.3 is 5.73 Å². The number of nitrogens with two attached hydrogens (primary N) is 1. The maximum Gasteiger partial charge on any atom is 0.323 e. The standard InChI is InChI=1S/C6H7NO4S/c7-5-1-3-6(4-2-5)12(9,10)11-8/h1-4,8H,7H2. The van der Waals surface area contributed by atoms with Crippen LogP contribution in [-0.4, -0.2) is 13.7 Å². The maximum absolute atomic E-state index is 10.8. The average molecular weight is 189 g/mol. The second-order valence-corrected chi connectivity index (χ2v) is 3.63. The Hall–Kier alpha value is -1.11. The molecule has 0 unspecified atom stereocenters. The summed E-state index contributed by atoms with van der Waals surface area (Å²) in [6.07, 6.45) is 0. The molecule has 3 N–H and O–H groups in total. The Morgan fingerprint density at radius 1 is 1.25 bits per heavy atom. The molecule has 0 amide bonds. The van der Waals surface area contributed by atoms with E-state index in [4.69, 9.17) is 11.0 Å². The van der Waals surface area contributed by atoms with Gasteiger partial charge in [0.05, 0.1) is 4.90 Å². The Bertz CT molecular complexity index is 356. The van der Waals surface area contributed by atoms with Gasteiger partial charge in [-0.2, -0.15) is 8.42 Å². The van der Waals surface area contributed by atoms with Crippen LogP contribution >= 0.6 is 0 Å². The highest BCUT2D eigenvalue weighted by molar-refractivity contribution is 7.86. The van der Waals surface area contributed by atoms with Crippen molar-refractivity contribution >= 4 is 15.8 Å². The molecule has 1 aromatic carbocycles. The van der Waals surface area contributed by atoms with E-state index in [-0.39, 0.29) is 4.90 Å². The van der Waals surface area contributed by atoms with Crippen molar-refractivity contribution in [3.05, 3.63) is 24.3 Å². The third-order valence-corrected chi connectivity index (χ3v) is 2.31. The highest BCUT2D eigenvalue weighted by Crippen LogP contribution is 2.12. The molecule has 0 aliphatic rings. The molecule has 0 aliphatic carbocycles. The lowest BCUT2D eigenvalue weighted by Crippen LogP contribution is -2.02. The van der Waals surface area contributed by atoms with Gasteiger partial charge in [0.15, 0.2) is 0 Å². The Morgan fingerprint density at radius 2 is 1.75 bits per heavy atom. The van der Waals surface area contributed by atoms with E-state index in [1.54, 1.807) is 0 Å². The van der Waals surface area contributed by atoms with E-state index in [9.17, 15) is 8.42 Å². The second kappa shape index (κ2) is 3.10. The lowest BCUT2D eigenvalue weighted by Gasteiger charge is -1.98. The molecule has 1 aromatic rings. The van der Waals surface area contributed by atoms with E-state index in [1.165, 1.54) is 24.3 Å². The molecular weight excluding hydrogens is 182 g/mol. The molecule has 0 aliphatic heterocycles. The topological polar surface area (TPSA) is 89.6 Å². The molecule has 0 fully saturated rings. The largest absolute Gasteiger partial charge is 0.399 e. The predicted molar refractivity (Wildman–Crippen MR) is 41.8 cm³/mol. The van der Waals surface area contributed by atoms with Crippen LogP contribution in [-0.2, 0) is 14.5 Å². The van der Waals surface area contributed by atoms with Crippen LogP contribution in [0.15, 0.2) is 29.2 Å². The van der Waals surface area contributed by atoms with Crippen LogP contribution < -0.4 is 5.73 Å².